The first-order valence-electron chi connectivity index (χ1n) is 9.97. The van der Waals surface area contributed by atoms with Crippen molar-refractivity contribution in [3.05, 3.63) is 59.9 Å². The van der Waals surface area contributed by atoms with Gasteiger partial charge in [-0.2, -0.15) is 4.31 Å². The molecule has 2 aromatic rings. The number of benzene rings is 2. The Morgan fingerprint density at radius 2 is 1.46 bits per heavy atom. The molecule has 3 aliphatic heterocycles. The first-order chi connectivity index (χ1) is 13.4. The van der Waals surface area contributed by atoms with E-state index in [0.717, 1.165) is 23.6 Å². The summed E-state index contributed by atoms with van der Waals surface area (Å²) in [5, 5.41) is 0. The Hall–Kier alpha value is -1.76. The fourth-order valence-electron chi connectivity index (χ4n) is 4.87. The number of rotatable bonds is 5. The van der Waals surface area contributed by atoms with Crippen LogP contribution in [0.4, 0.5) is 4.39 Å². The van der Waals surface area contributed by atoms with Crippen molar-refractivity contribution in [3.8, 4) is 11.1 Å². The number of piperazine rings is 1. The Bertz CT molecular complexity index is 957. The van der Waals surface area contributed by atoms with E-state index in [4.69, 9.17) is 0 Å². The smallest absolute Gasteiger partial charge is 0.211 e. The molecular weight excluding hydrogens is 375 g/mol. The van der Waals surface area contributed by atoms with Crippen molar-refractivity contribution in [2.24, 2.45) is 5.92 Å². The summed E-state index contributed by atoms with van der Waals surface area (Å²) in [7, 11) is -3.14. The largest absolute Gasteiger partial charge is 0.293 e. The van der Waals surface area contributed by atoms with E-state index in [2.05, 4.69) is 29.2 Å². The molecule has 1 aliphatic carbocycles. The third-order valence-electron chi connectivity index (χ3n) is 6.57. The summed E-state index contributed by atoms with van der Waals surface area (Å²) in [6.45, 7) is 2.29. The molecule has 1 unspecified atom stereocenters. The van der Waals surface area contributed by atoms with Crippen LogP contribution in [0, 0.1) is 11.7 Å². The maximum absolute atomic E-state index is 13.2. The van der Waals surface area contributed by atoms with Gasteiger partial charge in [-0.25, -0.2) is 12.8 Å². The lowest BCUT2D eigenvalue weighted by atomic mass is 9.72. The molecule has 4 aliphatic rings. The van der Waals surface area contributed by atoms with Crippen molar-refractivity contribution in [1.82, 2.24) is 9.21 Å². The van der Waals surface area contributed by atoms with Crippen molar-refractivity contribution in [2.45, 2.75) is 30.8 Å². The van der Waals surface area contributed by atoms with Crippen LogP contribution in [-0.4, -0.2) is 55.6 Å². The number of halogens is 1. The highest BCUT2D eigenvalue weighted by Gasteiger charge is 2.55. The van der Waals surface area contributed by atoms with Crippen molar-refractivity contribution < 1.29 is 12.8 Å². The van der Waals surface area contributed by atoms with E-state index >= 15 is 0 Å². The number of hydrogen-bond acceptors (Lipinski definition) is 3. The minimum absolute atomic E-state index is 0.228. The van der Waals surface area contributed by atoms with Gasteiger partial charge in [-0.3, -0.25) is 4.90 Å². The fraction of sp³-hybridized carbons (Fsp3) is 0.455. The molecule has 6 rings (SSSR count). The minimum Gasteiger partial charge on any atom is -0.293 e. The first-order valence-corrected chi connectivity index (χ1v) is 11.8. The minimum atomic E-state index is -3.14. The molecule has 0 amide bonds. The van der Waals surface area contributed by atoms with Gasteiger partial charge in [0.15, 0.2) is 0 Å². The molecule has 3 heterocycles. The van der Waals surface area contributed by atoms with Gasteiger partial charge in [0, 0.05) is 37.6 Å². The number of sulfonamides is 1. The molecule has 4 nitrogen and oxygen atoms in total. The van der Waals surface area contributed by atoms with Crippen molar-refractivity contribution in [1.29, 1.82) is 0 Å². The highest BCUT2D eigenvalue weighted by molar-refractivity contribution is 7.88. The highest BCUT2D eigenvalue weighted by atomic mass is 32.2. The van der Waals surface area contributed by atoms with E-state index < -0.39 is 10.0 Å². The van der Waals surface area contributed by atoms with Crippen LogP contribution >= 0.6 is 0 Å². The zero-order chi connectivity index (χ0) is 19.5. The van der Waals surface area contributed by atoms with Crippen LogP contribution in [0.5, 0.6) is 0 Å². The Kier molecular flexibility index (Phi) is 4.34. The van der Waals surface area contributed by atoms with Gasteiger partial charge in [-0.1, -0.05) is 36.4 Å². The quantitative estimate of drug-likeness (QED) is 0.773. The van der Waals surface area contributed by atoms with Crippen LogP contribution in [0.15, 0.2) is 48.5 Å². The topological polar surface area (TPSA) is 40.6 Å². The molecule has 148 valence electrons. The predicted octanol–water partition coefficient (Wildman–Crippen LogP) is 3.31. The summed E-state index contributed by atoms with van der Waals surface area (Å²) < 4.78 is 38.9. The lowest BCUT2D eigenvalue weighted by molar-refractivity contribution is -0.0711. The Morgan fingerprint density at radius 1 is 0.929 bits per heavy atom. The van der Waals surface area contributed by atoms with Gasteiger partial charge in [0.2, 0.25) is 10.0 Å². The predicted molar refractivity (Wildman–Crippen MR) is 108 cm³/mol. The Morgan fingerprint density at radius 3 is 1.96 bits per heavy atom. The molecule has 0 N–H and O–H groups in total. The molecule has 6 heteroatoms. The molecular formula is C22H25FN2O2S. The van der Waals surface area contributed by atoms with Gasteiger partial charge in [0.1, 0.15) is 5.82 Å². The van der Waals surface area contributed by atoms with Gasteiger partial charge >= 0.3 is 0 Å². The SMILES string of the molecule is CS(=O)(=O)N1C[C@@H]2C(c3ccc(-c4ccc(F)cc4)cc3)[C@H](C1)N2CC1CC1. The normalized spacial score (nSPS) is 28.1. The Balaban J connectivity index is 1.37. The van der Waals surface area contributed by atoms with Crippen molar-refractivity contribution >= 4 is 10.0 Å². The maximum atomic E-state index is 13.2. The fourth-order valence-corrected chi connectivity index (χ4v) is 5.71. The lowest BCUT2D eigenvalue weighted by Gasteiger charge is -2.61. The maximum Gasteiger partial charge on any atom is 0.211 e. The van der Waals surface area contributed by atoms with Gasteiger partial charge in [0.25, 0.3) is 0 Å². The molecule has 2 bridgehead atoms. The second-order valence-corrected chi connectivity index (χ2v) is 10.5. The zero-order valence-corrected chi connectivity index (χ0v) is 16.8. The molecule has 4 fully saturated rings. The van der Waals surface area contributed by atoms with Crippen LogP contribution in [0.25, 0.3) is 11.1 Å². The summed E-state index contributed by atoms with van der Waals surface area (Å²) in [6.07, 6.45) is 3.93. The second kappa shape index (κ2) is 6.65. The summed E-state index contributed by atoms with van der Waals surface area (Å²) in [5.74, 6) is 0.962. The monoisotopic (exact) mass is 400 g/mol. The lowest BCUT2D eigenvalue weighted by Crippen LogP contribution is -2.73. The third kappa shape index (κ3) is 3.27. The van der Waals surface area contributed by atoms with Gasteiger partial charge in [-0.15, -0.1) is 0 Å². The highest BCUT2D eigenvalue weighted by Crippen LogP contribution is 2.47. The van der Waals surface area contributed by atoms with Gasteiger partial charge in [-0.05, 0) is 47.6 Å². The van der Waals surface area contributed by atoms with E-state index in [1.165, 1.54) is 36.8 Å². The molecule has 0 radical (unpaired) electrons. The number of fused-ring (bicyclic) bond motifs is 2. The number of hydrogen-bond donors (Lipinski definition) is 0. The molecule has 3 saturated heterocycles. The summed E-state index contributed by atoms with van der Waals surface area (Å²) in [5.41, 5.74) is 3.35. The molecule has 3 atom stereocenters. The van der Waals surface area contributed by atoms with E-state index in [1.807, 2.05) is 0 Å². The van der Waals surface area contributed by atoms with E-state index in [1.54, 1.807) is 16.4 Å². The van der Waals surface area contributed by atoms with E-state index in [9.17, 15) is 12.8 Å². The summed E-state index contributed by atoms with van der Waals surface area (Å²) in [4.78, 5) is 2.54. The van der Waals surface area contributed by atoms with Crippen LogP contribution in [0.2, 0.25) is 0 Å². The standard InChI is InChI=1S/C22H25FN2O2S/c1-28(26,27)24-13-20-22(21(14-24)25(20)12-15-2-3-15)18-6-4-16(5-7-18)17-8-10-19(23)11-9-17/h4-11,15,20-22H,2-3,12-14H2,1H3/t20-,21+,22?. The summed E-state index contributed by atoms with van der Waals surface area (Å²) >= 11 is 0. The van der Waals surface area contributed by atoms with Crippen molar-refractivity contribution in [3.63, 3.8) is 0 Å². The molecule has 0 aromatic heterocycles. The molecule has 0 spiro atoms. The average molecular weight is 401 g/mol. The van der Waals surface area contributed by atoms with E-state index in [0.29, 0.717) is 19.0 Å². The van der Waals surface area contributed by atoms with Gasteiger partial charge < -0.3 is 0 Å². The number of piperidine rings is 1. The zero-order valence-electron chi connectivity index (χ0n) is 16.0. The van der Waals surface area contributed by atoms with Crippen LogP contribution < -0.4 is 0 Å². The van der Waals surface area contributed by atoms with Crippen LogP contribution in [-0.2, 0) is 10.0 Å². The molecule has 1 saturated carbocycles. The summed E-state index contributed by atoms with van der Waals surface area (Å²) in [6, 6.07) is 15.6. The Labute approximate surface area is 166 Å². The third-order valence-corrected chi connectivity index (χ3v) is 7.81. The second-order valence-electron chi connectivity index (χ2n) is 8.51. The van der Waals surface area contributed by atoms with Crippen LogP contribution in [0.1, 0.15) is 24.3 Å². The van der Waals surface area contributed by atoms with Gasteiger partial charge in [0.05, 0.1) is 6.26 Å². The van der Waals surface area contributed by atoms with Crippen LogP contribution in [0.3, 0.4) is 0 Å². The van der Waals surface area contributed by atoms with Crippen molar-refractivity contribution in [2.75, 3.05) is 25.9 Å². The molecule has 28 heavy (non-hydrogen) atoms. The number of nitrogens with zero attached hydrogens (tertiary/aromatic N) is 2. The first kappa shape index (κ1) is 18.3. The molecule has 2 aromatic carbocycles. The average Bonchev–Trinajstić information content (AvgIpc) is 3.50. The van der Waals surface area contributed by atoms with E-state index in [-0.39, 0.29) is 17.9 Å².